The van der Waals surface area contributed by atoms with E-state index in [1.165, 1.54) is 42.6 Å². The lowest BCUT2D eigenvalue weighted by atomic mass is 10.2. The van der Waals surface area contributed by atoms with E-state index in [0.29, 0.717) is 5.56 Å². The summed E-state index contributed by atoms with van der Waals surface area (Å²) in [6.07, 6.45) is 2.19. The number of hydrogen-bond acceptors (Lipinski definition) is 4. The van der Waals surface area contributed by atoms with E-state index in [-0.39, 0.29) is 5.69 Å². The molecule has 1 N–H and O–H groups in total. The quantitative estimate of drug-likeness (QED) is 0.625. The molecule has 2 rings (SSSR count). The van der Waals surface area contributed by atoms with Crippen LogP contribution in [0.2, 0.25) is 0 Å². The largest absolute Gasteiger partial charge is 0.271 e. The molecule has 0 atom stereocenters. The van der Waals surface area contributed by atoms with E-state index in [4.69, 9.17) is 0 Å². The van der Waals surface area contributed by atoms with Gasteiger partial charge in [-0.2, -0.15) is 5.10 Å². The van der Waals surface area contributed by atoms with Crippen LogP contribution < -0.4 is 9.73 Å². The van der Waals surface area contributed by atoms with Gasteiger partial charge in [-0.05, 0) is 35.9 Å². The molecule has 0 spiro atoms. The zero-order chi connectivity index (χ0) is 18.4. The summed E-state index contributed by atoms with van der Waals surface area (Å²) in [5.41, 5.74) is 2.75. The number of amides is 1. The molecule has 9 heteroatoms. The summed E-state index contributed by atoms with van der Waals surface area (Å²) in [5.74, 6) is -1.74. The third kappa shape index (κ3) is 5.64. The summed E-state index contributed by atoms with van der Waals surface area (Å²) in [7, 11) is -3.80. The molecule has 0 radical (unpaired) electrons. The summed E-state index contributed by atoms with van der Waals surface area (Å²) in [4.78, 5) is 11.9. The predicted molar refractivity (Wildman–Crippen MR) is 90.7 cm³/mol. The standard InChI is InChI=1S/C16H15F2N3O3S/c1-25(23,24)21(15-4-2-3-14(18)9-15)11-16(22)20-19-10-12-5-7-13(17)8-6-12/h2-10H,11H2,1H3,(H,20,22). The monoisotopic (exact) mass is 367 g/mol. The second-order valence-corrected chi connectivity index (χ2v) is 7.00. The second-order valence-electron chi connectivity index (χ2n) is 5.09. The lowest BCUT2D eigenvalue weighted by molar-refractivity contribution is -0.119. The van der Waals surface area contributed by atoms with Crippen LogP contribution >= 0.6 is 0 Å². The molecule has 2 aromatic rings. The van der Waals surface area contributed by atoms with Gasteiger partial charge >= 0.3 is 0 Å². The number of halogens is 2. The fourth-order valence-electron chi connectivity index (χ4n) is 1.92. The molecule has 0 bridgehead atoms. The average molecular weight is 367 g/mol. The Kier molecular flexibility index (Phi) is 5.81. The van der Waals surface area contributed by atoms with Crippen LogP contribution in [0.15, 0.2) is 53.6 Å². The molecule has 6 nitrogen and oxygen atoms in total. The highest BCUT2D eigenvalue weighted by Crippen LogP contribution is 2.18. The highest BCUT2D eigenvalue weighted by atomic mass is 32.2. The van der Waals surface area contributed by atoms with Gasteiger partial charge in [0.15, 0.2) is 0 Å². The fraction of sp³-hybridized carbons (Fsp3) is 0.125. The number of rotatable bonds is 6. The predicted octanol–water partition coefficient (Wildman–Crippen LogP) is 1.88. The maximum Gasteiger partial charge on any atom is 0.260 e. The number of benzene rings is 2. The summed E-state index contributed by atoms with van der Waals surface area (Å²) < 4.78 is 50.6. The lowest BCUT2D eigenvalue weighted by Gasteiger charge is -2.21. The highest BCUT2D eigenvalue weighted by Gasteiger charge is 2.21. The maximum absolute atomic E-state index is 13.3. The van der Waals surface area contributed by atoms with Gasteiger partial charge in [0.1, 0.15) is 18.2 Å². The number of anilines is 1. The van der Waals surface area contributed by atoms with E-state index < -0.39 is 34.1 Å². The Morgan fingerprint density at radius 1 is 1.16 bits per heavy atom. The van der Waals surface area contributed by atoms with Crippen LogP contribution in [0, 0.1) is 11.6 Å². The van der Waals surface area contributed by atoms with Crippen LogP contribution in [0.1, 0.15) is 5.56 Å². The average Bonchev–Trinajstić information content (AvgIpc) is 2.53. The minimum absolute atomic E-state index is 0.0279. The van der Waals surface area contributed by atoms with E-state index in [1.807, 2.05) is 0 Å². The third-order valence-corrected chi connectivity index (χ3v) is 4.20. The molecule has 0 fully saturated rings. The van der Waals surface area contributed by atoms with Crippen molar-refractivity contribution in [2.75, 3.05) is 17.1 Å². The van der Waals surface area contributed by atoms with Crippen molar-refractivity contribution in [1.82, 2.24) is 5.43 Å². The number of carbonyl (C=O) groups is 1. The number of hydrogen-bond donors (Lipinski definition) is 1. The van der Waals surface area contributed by atoms with Gasteiger partial charge in [0.05, 0.1) is 18.2 Å². The molecule has 0 aliphatic carbocycles. The van der Waals surface area contributed by atoms with Gasteiger partial charge in [-0.25, -0.2) is 22.6 Å². The molecule has 2 aromatic carbocycles. The minimum atomic E-state index is -3.80. The molecule has 1 amide bonds. The fourth-order valence-corrected chi connectivity index (χ4v) is 2.77. The first-order chi connectivity index (χ1) is 11.8. The van der Waals surface area contributed by atoms with Gasteiger partial charge in [-0.3, -0.25) is 9.10 Å². The van der Waals surface area contributed by atoms with Crippen molar-refractivity contribution >= 4 is 27.8 Å². The van der Waals surface area contributed by atoms with Gasteiger partial charge in [-0.1, -0.05) is 18.2 Å². The molecule has 0 saturated heterocycles. The molecule has 0 unspecified atom stereocenters. The van der Waals surface area contributed by atoms with Gasteiger partial charge in [-0.15, -0.1) is 0 Å². The molecular weight excluding hydrogens is 352 g/mol. The molecule has 0 saturated carbocycles. The van der Waals surface area contributed by atoms with Gasteiger partial charge in [0, 0.05) is 0 Å². The molecule has 0 heterocycles. The Morgan fingerprint density at radius 3 is 2.44 bits per heavy atom. The van der Waals surface area contributed by atoms with Crippen LogP contribution in [0.3, 0.4) is 0 Å². The first-order valence-electron chi connectivity index (χ1n) is 7.06. The van der Waals surface area contributed by atoms with Crippen LogP contribution in [0.5, 0.6) is 0 Å². The Hall–Kier alpha value is -2.81. The first-order valence-corrected chi connectivity index (χ1v) is 8.91. The Bertz CT molecular complexity index is 884. The number of nitrogens with zero attached hydrogens (tertiary/aromatic N) is 2. The molecule has 0 aromatic heterocycles. The van der Waals surface area contributed by atoms with Gasteiger partial charge in [0.2, 0.25) is 10.0 Å². The summed E-state index contributed by atoms with van der Waals surface area (Å²) in [6, 6.07) is 10.3. The van der Waals surface area contributed by atoms with Crippen molar-refractivity contribution in [2.24, 2.45) is 5.10 Å². The SMILES string of the molecule is CS(=O)(=O)N(CC(=O)NN=Cc1ccc(F)cc1)c1cccc(F)c1. The van der Waals surface area contributed by atoms with Crippen LogP contribution in [-0.2, 0) is 14.8 Å². The van der Waals surface area contributed by atoms with Crippen molar-refractivity contribution < 1.29 is 22.0 Å². The number of hydrazone groups is 1. The lowest BCUT2D eigenvalue weighted by Crippen LogP contribution is -2.39. The highest BCUT2D eigenvalue weighted by molar-refractivity contribution is 7.92. The zero-order valence-corrected chi connectivity index (χ0v) is 14.0. The summed E-state index contributed by atoms with van der Waals surface area (Å²) in [5, 5.41) is 3.67. The van der Waals surface area contributed by atoms with Crippen LogP contribution in [-0.4, -0.2) is 33.3 Å². The van der Waals surface area contributed by atoms with E-state index in [2.05, 4.69) is 10.5 Å². The van der Waals surface area contributed by atoms with Crippen molar-refractivity contribution in [2.45, 2.75) is 0 Å². The number of carbonyl (C=O) groups excluding carboxylic acids is 1. The van der Waals surface area contributed by atoms with Gasteiger partial charge in [0.25, 0.3) is 5.91 Å². The molecule has 25 heavy (non-hydrogen) atoms. The Morgan fingerprint density at radius 2 is 1.84 bits per heavy atom. The minimum Gasteiger partial charge on any atom is -0.271 e. The smallest absolute Gasteiger partial charge is 0.260 e. The van der Waals surface area contributed by atoms with Crippen molar-refractivity contribution in [3.05, 3.63) is 65.7 Å². The molecule has 0 aliphatic rings. The van der Waals surface area contributed by atoms with E-state index in [1.54, 1.807) is 0 Å². The number of nitrogens with one attached hydrogen (secondary N) is 1. The Labute approximate surface area is 143 Å². The number of sulfonamides is 1. The first kappa shape index (κ1) is 18.5. The van der Waals surface area contributed by atoms with E-state index in [0.717, 1.165) is 22.7 Å². The third-order valence-electron chi connectivity index (χ3n) is 3.06. The van der Waals surface area contributed by atoms with Crippen molar-refractivity contribution in [3.8, 4) is 0 Å². The van der Waals surface area contributed by atoms with Crippen LogP contribution in [0.4, 0.5) is 14.5 Å². The zero-order valence-electron chi connectivity index (χ0n) is 13.2. The topological polar surface area (TPSA) is 78.8 Å². The molecule has 0 aliphatic heterocycles. The van der Waals surface area contributed by atoms with Crippen molar-refractivity contribution in [3.63, 3.8) is 0 Å². The van der Waals surface area contributed by atoms with E-state index in [9.17, 15) is 22.0 Å². The van der Waals surface area contributed by atoms with Crippen LogP contribution in [0.25, 0.3) is 0 Å². The van der Waals surface area contributed by atoms with E-state index >= 15 is 0 Å². The maximum atomic E-state index is 13.3. The summed E-state index contributed by atoms with van der Waals surface area (Å²) in [6.45, 7) is -0.566. The summed E-state index contributed by atoms with van der Waals surface area (Å²) >= 11 is 0. The van der Waals surface area contributed by atoms with Gasteiger partial charge < -0.3 is 0 Å². The normalized spacial score (nSPS) is 11.5. The molecule has 132 valence electrons. The van der Waals surface area contributed by atoms with Crippen molar-refractivity contribution in [1.29, 1.82) is 0 Å². The Balaban J connectivity index is 2.06. The second kappa shape index (κ2) is 7.84. The molecular formula is C16H15F2N3O3S.